The van der Waals surface area contributed by atoms with Gasteiger partial charge in [-0.3, -0.25) is 24.2 Å². The second kappa shape index (κ2) is 10.6. The van der Waals surface area contributed by atoms with Gasteiger partial charge in [-0.15, -0.1) is 0 Å². The van der Waals surface area contributed by atoms with Gasteiger partial charge in [0.25, 0.3) is 11.5 Å². The van der Waals surface area contributed by atoms with Gasteiger partial charge in [0.15, 0.2) is 5.82 Å². The van der Waals surface area contributed by atoms with Crippen LogP contribution in [0.25, 0.3) is 5.57 Å². The van der Waals surface area contributed by atoms with E-state index in [9.17, 15) is 14.7 Å². The second-order valence-electron chi connectivity index (χ2n) is 11.9. The normalized spacial score (nSPS) is 18.4. The van der Waals surface area contributed by atoms with Crippen LogP contribution in [-0.2, 0) is 44.3 Å². The highest BCUT2D eigenvalue weighted by molar-refractivity contribution is 6.16. The maximum atomic E-state index is 13.8. The number of carbonyl (C=O) groups is 1. The lowest BCUT2D eigenvalue weighted by molar-refractivity contribution is 0.0800. The number of nitrogens with one attached hydrogen (secondary N) is 1. The second-order valence-corrected chi connectivity index (χ2v) is 11.9. The zero-order chi connectivity index (χ0) is 29.8. The minimum absolute atomic E-state index is 0.140. The number of amidine groups is 1. The molecule has 220 valence electrons. The number of aliphatic hydroxyl groups excluding tert-OH is 1. The molecule has 11 heteroatoms. The van der Waals surface area contributed by atoms with Crippen LogP contribution in [0.1, 0.15) is 46.9 Å². The Bertz CT molecular complexity index is 1700. The van der Waals surface area contributed by atoms with Crippen LogP contribution in [0.15, 0.2) is 52.4 Å². The van der Waals surface area contributed by atoms with Gasteiger partial charge >= 0.3 is 0 Å². The summed E-state index contributed by atoms with van der Waals surface area (Å²) < 4.78 is 11.0. The molecule has 0 radical (unpaired) electrons. The van der Waals surface area contributed by atoms with Gasteiger partial charge < -0.3 is 24.3 Å². The Morgan fingerprint density at radius 2 is 2.02 bits per heavy atom. The summed E-state index contributed by atoms with van der Waals surface area (Å²) in [5.41, 5.74) is 6.03. The zero-order valence-electron chi connectivity index (χ0n) is 24.6. The first-order chi connectivity index (χ1) is 20.1. The third-order valence-corrected chi connectivity index (χ3v) is 8.37. The predicted molar refractivity (Wildman–Crippen MR) is 161 cm³/mol. The van der Waals surface area contributed by atoms with Crippen molar-refractivity contribution in [3.8, 4) is 0 Å². The molecule has 6 rings (SSSR count). The van der Waals surface area contributed by atoms with E-state index in [1.807, 2.05) is 16.8 Å². The zero-order valence-corrected chi connectivity index (χ0v) is 24.6. The molecule has 0 spiro atoms. The molecule has 5 heterocycles. The third-order valence-electron chi connectivity index (χ3n) is 8.37. The van der Waals surface area contributed by atoms with Crippen LogP contribution < -0.4 is 10.9 Å². The first-order valence-electron chi connectivity index (χ1n) is 14.2. The Kier molecular flexibility index (Phi) is 7.02. The average molecular weight is 572 g/mol. The van der Waals surface area contributed by atoms with E-state index in [4.69, 9.17) is 4.74 Å². The SMILES string of the molecule is C=C/C(=C(/CO)C(=NC)N1CCn2c(cc3c2CC(C)(C)C3)C1=O)c1cc(Nc2cc3n(n2)CCOC3)c(=O)n(C)c1. The lowest BCUT2D eigenvalue weighted by atomic mass is 9.90. The Balaban J connectivity index is 1.35. The summed E-state index contributed by atoms with van der Waals surface area (Å²) in [5.74, 6) is 0.790. The first-order valence-corrected chi connectivity index (χ1v) is 14.2. The number of hydrogen-bond donors (Lipinski definition) is 2. The van der Waals surface area contributed by atoms with Crippen LogP contribution in [0.2, 0.25) is 0 Å². The van der Waals surface area contributed by atoms with Crippen molar-refractivity contribution in [3.05, 3.63) is 81.2 Å². The largest absolute Gasteiger partial charge is 0.392 e. The van der Waals surface area contributed by atoms with Crippen LogP contribution >= 0.6 is 0 Å². The van der Waals surface area contributed by atoms with Crippen molar-refractivity contribution in [2.24, 2.45) is 17.5 Å². The standard InChI is InChI=1S/C31H37N7O4/c1-6-22(20-11-24(29(40)35(5)16-20)33-27-13-21-18-42-10-9-38(21)34-27)23(17-39)28(32-4)37-8-7-36-25(30(37)41)12-19-14-31(2,3)15-26(19)36/h6,11-13,16,39H,1,7-10,14-15,17-18H2,2-5H3,(H,33,34)/b23-22+,32-28?. The molecule has 2 aliphatic heterocycles. The van der Waals surface area contributed by atoms with Crippen LogP contribution in [0.4, 0.5) is 11.5 Å². The first kappa shape index (κ1) is 27.9. The highest BCUT2D eigenvalue weighted by Gasteiger charge is 2.38. The van der Waals surface area contributed by atoms with E-state index in [2.05, 4.69) is 40.4 Å². The number of aliphatic hydroxyl groups is 1. The van der Waals surface area contributed by atoms with Gasteiger partial charge in [-0.25, -0.2) is 0 Å². The molecule has 0 fully saturated rings. The van der Waals surface area contributed by atoms with Gasteiger partial charge in [0.1, 0.15) is 17.2 Å². The number of aliphatic imine (C=N–C) groups is 1. The number of aryl methyl sites for hydroxylation is 1. The average Bonchev–Trinajstić information content (AvgIpc) is 3.61. The molecule has 42 heavy (non-hydrogen) atoms. The summed E-state index contributed by atoms with van der Waals surface area (Å²) in [6.07, 6.45) is 5.21. The number of hydrogen-bond acceptors (Lipinski definition) is 7. The Labute approximate surface area is 244 Å². The fraction of sp³-hybridized carbons (Fsp3) is 0.419. The van der Waals surface area contributed by atoms with E-state index in [1.54, 1.807) is 37.3 Å². The summed E-state index contributed by atoms with van der Waals surface area (Å²) in [6, 6.07) is 5.60. The number of carbonyl (C=O) groups excluding carboxylic acids is 1. The fourth-order valence-corrected chi connectivity index (χ4v) is 6.46. The quantitative estimate of drug-likeness (QED) is 0.267. The Hall–Kier alpha value is -4.22. The molecule has 3 aromatic heterocycles. The van der Waals surface area contributed by atoms with E-state index in [-0.39, 0.29) is 23.5 Å². The Morgan fingerprint density at radius 1 is 1.21 bits per heavy atom. The molecule has 0 saturated carbocycles. The number of anilines is 2. The number of rotatable bonds is 6. The van der Waals surface area contributed by atoms with Gasteiger partial charge in [0.05, 0.1) is 32.1 Å². The van der Waals surface area contributed by atoms with Crippen molar-refractivity contribution < 1.29 is 14.6 Å². The van der Waals surface area contributed by atoms with Gasteiger partial charge in [-0.05, 0) is 41.5 Å². The lowest BCUT2D eigenvalue weighted by Gasteiger charge is -2.32. The molecule has 0 aromatic carbocycles. The third kappa shape index (κ3) is 4.72. The van der Waals surface area contributed by atoms with E-state index in [0.717, 1.165) is 18.5 Å². The smallest absolute Gasteiger partial charge is 0.276 e. The molecule has 0 unspecified atom stereocenters. The van der Waals surface area contributed by atoms with Crippen molar-refractivity contribution >= 4 is 28.8 Å². The highest BCUT2D eigenvalue weighted by atomic mass is 16.5. The van der Waals surface area contributed by atoms with Crippen molar-refractivity contribution in [2.75, 3.05) is 32.1 Å². The summed E-state index contributed by atoms with van der Waals surface area (Å²) in [4.78, 5) is 33.0. The van der Waals surface area contributed by atoms with Gasteiger partial charge in [-0.2, -0.15) is 5.10 Å². The number of ether oxygens (including phenoxy) is 1. The van der Waals surface area contributed by atoms with E-state index < -0.39 is 0 Å². The topological polar surface area (TPSA) is 119 Å². The summed E-state index contributed by atoms with van der Waals surface area (Å²) in [5, 5.41) is 18.4. The van der Waals surface area contributed by atoms with Gasteiger partial charge in [-0.1, -0.05) is 26.5 Å². The van der Waals surface area contributed by atoms with Crippen LogP contribution in [-0.4, -0.2) is 67.5 Å². The molecule has 0 atom stereocenters. The number of allylic oxidation sites excluding steroid dienone is 2. The number of aromatic nitrogens is 4. The summed E-state index contributed by atoms with van der Waals surface area (Å²) in [6.45, 7) is 10.9. The number of nitrogens with zero attached hydrogens (tertiary/aromatic N) is 6. The lowest BCUT2D eigenvalue weighted by Crippen LogP contribution is -2.45. The number of fused-ring (bicyclic) bond motifs is 4. The molecule has 0 saturated heterocycles. The maximum Gasteiger partial charge on any atom is 0.276 e. The molecule has 3 aromatic rings. The van der Waals surface area contributed by atoms with E-state index in [1.165, 1.54) is 15.8 Å². The van der Waals surface area contributed by atoms with Crippen LogP contribution in [0.5, 0.6) is 0 Å². The van der Waals surface area contributed by atoms with Crippen molar-refractivity contribution in [1.82, 2.24) is 23.8 Å². The minimum atomic E-state index is -0.372. The highest BCUT2D eigenvalue weighted by Crippen LogP contribution is 2.39. The molecule has 0 bridgehead atoms. The van der Waals surface area contributed by atoms with E-state index in [0.29, 0.717) is 72.6 Å². The predicted octanol–water partition coefficient (Wildman–Crippen LogP) is 2.90. The van der Waals surface area contributed by atoms with Gasteiger partial charge in [0, 0.05) is 56.3 Å². The minimum Gasteiger partial charge on any atom is -0.392 e. The molecular formula is C31H37N7O4. The monoisotopic (exact) mass is 571 g/mol. The summed E-state index contributed by atoms with van der Waals surface area (Å²) in [7, 11) is 3.28. The summed E-state index contributed by atoms with van der Waals surface area (Å²) >= 11 is 0. The van der Waals surface area contributed by atoms with Crippen molar-refractivity contribution in [2.45, 2.75) is 46.4 Å². The van der Waals surface area contributed by atoms with Gasteiger partial charge in [0.2, 0.25) is 0 Å². The molecule has 1 aliphatic carbocycles. The molecular weight excluding hydrogens is 534 g/mol. The van der Waals surface area contributed by atoms with E-state index >= 15 is 0 Å². The Morgan fingerprint density at radius 3 is 2.74 bits per heavy atom. The fourth-order valence-electron chi connectivity index (χ4n) is 6.46. The molecule has 11 nitrogen and oxygen atoms in total. The number of amides is 1. The molecule has 2 N–H and O–H groups in total. The van der Waals surface area contributed by atoms with Crippen molar-refractivity contribution in [3.63, 3.8) is 0 Å². The van der Waals surface area contributed by atoms with Crippen LogP contribution in [0, 0.1) is 5.41 Å². The van der Waals surface area contributed by atoms with Crippen LogP contribution in [0.3, 0.4) is 0 Å². The molecule has 1 amide bonds. The number of pyridine rings is 1. The molecule has 3 aliphatic rings. The maximum absolute atomic E-state index is 13.8. The van der Waals surface area contributed by atoms with Crippen molar-refractivity contribution in [1.29, 1.82) is 0 Å².